The van der Waals surface area contributed by atoms with Gasteiger partial charge in [0.1, 0.15) is 5.76 Å². The van der Waals surface area contributed by atoms with Gasteiger partial charge < -0.3 is 9.84 Å². The monoisotopic (exact) mass is 374 g/mol. The second-order valence-electron chi connectivity index (χ2n) is 6.05. The fourth-order valence-electron chi connectivity index (χ4n) is 2.81. The van der Waals surface area contributed by atoms with Gasteiger partial charge in [0, 0.05) is 24.5 Å². The first-order chi connectivity index (χ1) is 12.5. The number of carbonyl (C=O) groups is 1. The highest BCUT2D eigenvalue weighted by atomic mass is 35.5. The third kappa shape index (κ3) is 3.77. The molecule has 0 aliphatic rings. The highest BCUT2D eigenvalue weighted by molar-refractivity contribution is 6.31. The summed E-state index contributed by atoms with van der Waals surface area (Å²) in [5.41, 5.74) is 1.52. The average molecular weight is 375 g/mol. The first kappa shape index (κ1) is 18.1. The summed E-state index contributed by atoms with van der Waals surface area (Å²) in [5.74, 6) is 0.473. The molecular formula is C18H19ClN4O3. The number of hydrogen-bond acceptors (Lipinski definition) is 5. The van der Waals surface area contributed by atoms with Crippen LogP contribution in [0.4, 0.5) is 0 Å². The van der Waals surface area contributed by atoms with Crippen molar-refractivity contribution in [2.24, 2.45) is 0 Å². The minimum absolute atomic E-state index is 0.104. The lowest BCUT2D eigenvalue weighted by atomic mass is 10.2. The van der Waals surface area contributed by atoms with E-state index in [0.29, 0.717) is 41.4 Å². The van der Waals surface area contributed by atoms with Gasteiger partial charge in [-0.3, -0.25) is 9.59 Å². The summed E-state index contributed by atoms with van der Waals surface area (Å²) in [5, 5.41) is 12.2. The highest BCUT2D eigenvalue weighted by Crippen LogP contribution is 2.16. The van der Waals surface area contributed by atoms with Crippen LogP contribution in [0.25, 0.3) is 10.9 Å². The third-order valence-electron chi connectivity index (χ3n) is 4.14. The van der Waals surface area contributed by atoms with E-state index >= 15 is 0 Å². The van der Waals surface area contributed by atoms with Crippen LogP contribution in [-0.2, 0) is 17.9 Å². The van der Waals surface area contributed by atoms with E-state index < -0.39 is 0 Å². The molecule has 136 valence electrons. The Morgan fingerprint density at radius 2 is 2.08 bits per heavy atom. The lowest BCUT2D eigenvalue weighted by Gasteiger charge is -2.08. The van der Waals surface area contributed by atoms with Crippen molar-refractivity contribution in [1.82, 2.24) is 20.3 Å². The van der Waals surface area contributed by atoms with Crippen molar-refractivity contribution in [2.45, 2.75) is 39.8 Å². The number of amides is 1. The summed E-state index contributed by atoms with van der Waals surface area (Å²) in [4.78, 5) is 24.4. The zero-order valence-corrected chi connectivity index (χ0v) is 15.3. The molecule has 1 amide bonds. The number of nitrogens with zero attached hydrogens (tertiary/aromatic N) is 3. The van der Waals surface area contributed by atoms with E-state index in [1.54, 1.807) is 19.9 Å². The van der Waals surface area contributed by atoms with Crippen molar-refractivity contribution < 1.29 is 9.32 Å². The van der Waals surface area contributed by atoms with Crippen molar-refractivity contribution in [3.8, 4) is 0 Å². The maximum Gasteiger partial charge on any atom is 0.296 e. The molecule has 0 aliphatic heterocycles. The van der Waals surface area contributed by atoms with Gasteiger partial charge in [-0.2, -0.15) is 5.10 Å². The van der Waals surface area contributed by atoms with Crippen LogP contribution in [0.2, 0.25) is 5.02 Å². The summed E-state index contributed by atoms with van der Waals surface area (Å²) in [7, 11) is 0. The molecule has 0 unspecified atom stereocenters. The second kappa shape index (κ2) is 7.70. The summed E-state index contributed by atoms with van der Waals surface area (Å²) in [6.07, 6.45) is 0.774. The van der Waals surface area contributed by atoms with E-state index in [4.69, 9.17) is 16.1 Å². The molecule has 8 heteroatoms. The molecule has 0 aliphatic carbocycles. The first-order valence-corrected chi connectivity index (χ1v) is 8.69. The molecule has 3 rings (SSSR count). The molecule has 0 saturated heterocycles. The van der Waals surface area contributed by atoms with Crippen LogP contribution in [0, 0.1) is 13.8 Å². The lowest BCUT2D eigenvalue weighted by Crippen LogP contribution is -2.26. The van der Waals surface area contributed by atoms with E-state index in [1.807, 2.05) is 18.2 Å². The Balaban J connectivity index is 1.57. The predicted molar refractivity (Wildman–Crippen MR) is 98.1 cm³/mol. The van der Waals surface area contributed by atoms with E-state index in [-0.39, 0.29) is 23.4 Å². The van der Waals surface area contributed by atoms with E-state index in [0.717, 1.165) is 5.56 Å². The Kier molecular flexibility index (Phi) is 5.37. The minimum Gasteiger partial charge on any atom is -0.360 e. The Morgan fingerprint density at radius 1 is 1.31 bits per heavy atom. The Hall–Kier alpha value is -2.67. The van der Waals surface area contributed by atoms with Crippen molar-refractivity contribution in [3.63, 3.8) is 0 Å². The van der Waals surface area contributed by atoms with Crippen LogP contribution in [0.15, 0.2) is 33.6 Å². The topological polar surface area (TPSA) is 90.0 Å². The van der Waals surface area contributed by atoms with Crippen LogP contribution in [0.5, 0.6) is 0 Å². The fraction of sp³-hybridized carbons (Fsp3) is 0.333. The van der Waals surface area contributed by atoms with Gasteiger partial charge in [-0.15, -0.1) is 0 Å². The zero-order chi connectivity index (χ0) is 18.7. The van der Waals surface area contributed by atoms with Crippen molar-refractivity contribution >= 4 is 28.4 Å². The van der Waals surface area contributed by atoms with Gasteiger partial charge in [-0.1, -0.05) is 35.0 Å². The number of hydrogen-bond donors (Lipinski definition) is 1. The molecule has 1 N–H and O–H groups in total. The maximum atomic E-state index is 12.4. The van der Waals surface area contributed by atoms with Crippen LogP contribution in [-0.4, -0.2) is 20.8 Å². The van der Waals surface area contributed by atoms with Crippen LogP contribution in [0.1, 0.15) is 29.9 Å². The van der Waals surface area contributed by atoms with Crippen LogP contribution >= 0.6 is 11.6 Å². The summed E-state index contributed by atoms with van der Waals surface area (Å²) in [6, 6.07) is 7.36. The number of rotatable bonds is 6. The Bertz CT molecular complexity index is 1010. The minimum atomic E-state index is -0.307. The second-order valence-corrected chi connectivity index (χ2v) is 6.45. The van der Waals surface area contributed by atoms with Gasteiger partial charge in [0.2, 0.25) is 5.91 Å². The number of benzene rings is 1. The molecule has 0 bridgehead atoms. The van der Waals surface area contributed by atoms with Gasteiger partial charge in [-0.25, -0.2) is 4.68 Å². The number of halogens is 1. The molecule has 1 aromatic carbocycles. The van der Waals surface area contributed by atoms with Gasteiger partial charge >= 0.3 is 0 Å². The number of aromatic nitrogens is 3. The van der Waals surface area contributed by atoms with E-state index in [1.165, 1.54) is 4.68 Å². The number of fused-ring (bicyclic) bond motifs is 1. The fourth-order valence-corrected chi connectivity index (χ4v) is 3.01. The Labute approximate surface area is 154 Å². The summed E-state index contributed by atoms with van der Waals surface area (Å²) >= 11 is 6.06. The van der Waals surface area contributed by atoms with Crippen molar-refractivity contribution in [1.29, 1.82) is 0 Å². The average Bonchev–Trinajstić information content (AvgIpc) is 3.01. The SMILES string of the molecule is Cc1nn(CCCC(=O)NCc2ccccc2Cl)c(=O)c2noc(C)c12. The normalized spacial score (nSPS) is 11.0. The summed E-state index contributed by atoms with van der Waals surface area (Å²) < 4.78 is 6.41. The van der Waals surface area contributed by atoms with E-state index in [9.17, 15) is 9.59 Å². The molecule has 0 spiro atoms. The van der Waals surface area contributed by atoms with Crippen molar-refractivity contribution in [2.75, 3.05) is 0 Å². The zero-order valence-electron chi connectivity index (χ0n) is 14.6. The molecule has 0 atom stereocenters. The molecule has 26 heavy (non-hydrogen) atoms. The predicted octanol–water partition coefficient (Wildman–Crippen LogP) is 2.75. The maximum absolute atomic E-state index is 12.4. The van der Waals surface area contributed by atoms with Gasteiger partial charge in [0.05, 0.1) is 11.1 Å². The third-order valence-corrected chi connectivity index (χ3v) is 4.51. The first-order valence-electron chi connectivity index (χ1n) is 8.31. The standard InChI is InChI=1S/C18H19ClN4O3/c1-11-16-12(2)26-22-17(16)18(25)23(21-11)9-5-8-15(24)20-10-13-6-3-4-7-14(13)19/h3-4,6-7H,5,8-10H2,1-2H3,(H,20,24). The quantitative estimate of drug-likeness (QED) is 0.716. The lowest BCUT2D eigenvalue weighted by molar-refractivity contribution is -0.121. The molecule has 0 saturated carbocycles. The number of carbonyl (C=O) groups excluding carboxylic acids is 1. The number of aryl methyl sites for hydroxylation is 3. The smallest absolute Gasteiger partial charge is 0.296 e. The largest absolute Gasteiger partial charge is 0.360 e. The molecule has 3 aromatic rings. The number of nitrogens with one attached hydrogen (secondary N) is 1. The molecule has 7 nitrogen and oxygen atoms in total. The van der Waals surface area contributed by atoms with Gasteiger partial charge in [-0.05, 0) is 31.9 Å². The van der Waals surface area contributed by atoms with Gasteiger partial charge in [0.25, 0.3) is 5.56 Å². The highest BCUT2D eigenvalue weighted by Gasteiger charge is 2.15. The molecule has 0 radical (unpaired) electrons. The molecule has 2 heterocycles. The van der Waals surface area contributed by atoms with E-state index in [2.05, 4.69) is 15.6 Å². The van der Waals surface area contributed by atoms with Crippen LogP contribution < -0.4 is 10.9 Å². The Morgan fingerprint density at radius 3 is 2.85 bits per heavy atom. The molecule has 2 aromatic heterocycles. The van der Waals surface area contributed by atoms with Crippen LogP contribution in [0.3, 0.4) is 0 Å². The van der Waals surface area contributed by atoms with Gasteiger partial charge in [0.15, 0.2) is 5.52 Å². The van der Waals surface area contributed by atoms with Crippen molar-refractivity contribution in [3.05, 3.63) is 56.7 Å². The molecule has 0 fully saturated rings. The summed E-state index contributed by atoms with van der Waals surface area (Å²) in [6.45, 7) is 4.26. The molecular weight excluding hydrogens is 356 g/mol.